The summed E-state index contributed by atoms with van der Waals surface area (Å²) in [4.78, 5) is 37.2. The molecular weight excluding hydrogens is 822 g/mol. The van der Waals surface area contributed by atoms with Gasteiger partial charge < -0.3 is 9.84 Å². The molecule has 0 saturated heterocycles. The molecule has 13 nitrogen and oxygen atoms in total. The largest absolute Gasteiger partial charge is 0.354 e. The topological polar surface area (TPSA) is 167 Å². The van der Waals surface area contributed by atoms with Crippen molar-refractivity contribution in [3.63, 3.8) is 0 Å². The highest BCUT2D eigenvalue weighted by Crippen LogP contribution is 2.41. The molecule has 5 heterocycles. The predicted molar refractivity (Wildman–Crippen MR) is 230 cm³/mol. The maximum Gasteiger partial charge on any atom is 0.341 e. The zero-order chi connectivity index (χ0) is 42.0. The predicted octanol–water partition coefficient (Wildman–Crippen LogP) is 9.82. The Morgan fingerprint density at radius 2 is 1.50 bits per heavy atom. The van der Waals surface area contributed by atoms with Gasteiger partial charge in [0.05, 0.1) is 23.1 Å². The summed E-state index contributed by atoms with van der Waals surface area (Å²) in [6, 6.07) is 34.2. The number of nitrogens with zero attached hydrogens (tertiary/aromatic N) is 8. The summed E-state index contributed by atoms with van der Waals surface area (Å²) in [6.07, 6.45) is 10.6. The molecule has 0 atom stereocenters. The van der Waals surface area contributed by atoms with Gasteiger partial charge in [0.25, 0.3) is 11.8 Å². The third kappa shape index (κ3) is 10.1. The van der Waals surface area contributed by atoms with Crippen LogP contribution in [0.3, 0.4) is 0 Å². The molecule has 1 aliphatic rings. The standard InChI is InChI=1S/C19H12ClN3O2.C14H10ClN3O.C11H11N3OS/c20-15-8-6-14(7-9-15)19(24)23-11-10-16(21-23)18-12-17(22-25-18)13-4-2-1-3-5-13;15-12-5-3-10(4-6-12)14(19)18-13(9-1-2-9)11(7-16)8-17-18;1-12-11(15)14-7-6-9(13-14)4-5-10-3-2-8-16-10/h1-12H;3-6,8-9H,1-2H2;2-8H,1H3,(H,12,15). The molecule has 298 valence electrons. The molecule has 0 radical (unpaired) electrons. The summed E-state index contributed by atoms with van der Waals surface area (Å²) in [6.45, 7) is 0. The van der Waals surface area contributed by atoms with Gasteiger partial charge in [-0.05, 0) is 97.1 Å². The molecular formula is C44H33Cl2N9O4S. The molecule has 1 N–H and O–H groups in total. The number of thiophene rings is 1. The molecule has 1 fully saturated rings. The Morgan fingerprint density at radius 3 is 2.13 bits per heavy atom. The van der Waals surface area contributed by atoms with Crippen LogP contribution in [0.4, 0.5) is 4.79 Å². The number of nitriles is 1. The zero-order valence-electron chi connectivity index (χ0n) is 31.7. The number of aromatic nitrogens is 7. The number of amides is 1. The molecule has 0 aliphatic heterocycles. The second kappa shape index (κ2) is 19.0. The van der Waals surface area contributed by atoms with E-state index in [1.165, 1.54) is 20.2 Å². The van der Waals surface area contributed by atoms with Crippen LogP contribution in [0.1, 0.15) is 61.3 Å². The van der Waals surface area contributed by atoms with Gasteiger partial charge in [-0.2, -0.15) is 29.9 Å². The van der Waals surface area contributed by atoms with E-state index < -0.39 is 0 Å². The molecule has 16 heteroatoms. The number of hydrogen-bond donors (Lipinski definition) is 1. The minimum Gasteiger partial charge on any atom is -0.354 e. The third-order valence-corrected chi connectivity index (χ3v) is 10.2. The summed E-state index contributed by atoms with van der Waals surface area (Å²) in [5.74, 6) is 0.320. The molecule has 1 saturated carbocycles. The highest BCUT2D eigenvalue weighted by Gasteiger charge is 2.32. The van der Waals surface area contributed by atoms with Crippen LogP contribution in [0.15, 0.2) is 138 Å². The van der Waals surface area contributed by atoms with Crippen LogP contribution >= 0.6 is 34.5 Å². The van der Waals surface area contributed by atoms with E-state index >= 15 is 0 Å². The van der Waals surface area contributed by atoms with Crippen LogP contribution in [0.25, 0.3) is 34.9 Å². The number of nitrogens with one attached hydrogen (secondary N) is 1. The summed E-state index contributed by atoms with van der Waals surface area (Å²) >= 11 is 13.3. The minimum atomic E-state index is -0.245. The van der Waals surface area contributed by atoms with E-state index in [1.54, 1.807) is 97.5 Å². The fraction of sp³-hybridized carbons (Fsp3) is 0.0909. The average Bonchev–Trinajstić information content (AvgIpc) is 3.92. The van der Waals surface area contributed by atoms with Gasteiger partial charge in [0.15, 0.2) is 5.76 Å². The second-order valence-electron chi connectivity index (χ2n) is 13.0. The van der Waals surface area contributed by atoms with Gasteiger partial charge in [-0.25, -0.2) is 9.48 Å². The van der Waals surface area contributed by atoms with Gasteiger partial charge in [0.2, 0.25) is 0 Å². The number of hydrogen-bond acceptors (Lipinski definition) is 10. The number of carbonyl (C=O) groups is 3. The molecule has 0 unspecified atom stereocenters. The summed E-state index contributed by atoms with van der Waals surface area (Å²) < 4.78 is 9.25. The monoisotopic (exact) mass is 853 g/mol. The lowest BCUT2D eigenvalue weighted by molar-refractivity contribution is 0.0935. The average molecular weight is 855 g/mol. The first-order valence-electron chi connectivity index (χ1n) is 18.4. The lowest BCUT2D eigenvalue weighted by Crippen LogP contribution is -2.24. The van der Waals surface area contributed by atoms with Gasteiger partial charge in [0.1, 0.15) is 17.5 Å². The van der Waals surface area contributed by atoms with E-state index in [1.807, 2.05) is 60.0 Å². The Labute approximate surface area is 357 Å². The molecule has 60 heavy (non-hydrogen) atoms. The van der Waals surface area contributed by atoms with Crippen molar-refractivity contribution in [2.45, 2.75) is 18.8 Å². The Bertz CT molecular complexity index is 2800. The van der Waals surface area contributed by atoms with Crippen molar-refractivity contribution in [3.8, 4) is 28.8 Å². The maximum absolute atomic E-state index is 12.4. The van der Waals surface area contributed by atoms with Crippen LogP contribution in [0.5, 0.6) is 0 Å². The van der Waals surface area contributed by atoms with E-state index in [0.717, 1.165) is 34.7 Å². The smallest absolute Gasteiger partial charge is 0.341 e. The summed E-state index contributed by atoms with van der Waals surface area (Å²) in [5.41, 5.74) is 5.21. The zero-order valence-corrected chi connectivity index (χ0v) is 34.1. The molecule has 0 spiro atoms. The van der Waals surface area contributed by atoms with Crippen molar-refractivity contribution in [1.29, 1.82) is 5.26 Å². The Morgan fingerprint density at radius 1 is 0.817 bits per heavy atom. The fourth-order valence-corrected chi connectivity index (χ4v) is 6.58. The van der Waals surface area contributed by atoms with Crippen molar-refractivity contribution < 1.29 is 18.9 Å². The van der Waals surface area contributed by atoms with E-state index in [0.29, 0.717) is 43.9 Å². The van der Waals surface area contributed by atoms with Crippen LogP contribution < -0.4 is 5.32 Å². The number of halogens is 2. The minimum absolute atomic E-state index is 0.222. The molecule has 8 aromatic rings. The van der Waals surface area contributed by atoms with Gasteiger partial charge >= 0.3 is 6.03 Å². The van der Waals surface area contributed by atoms with Crippen molar-refractivity contribution in [2.24, 2.45) is 0 Å². The van der Waals surface area contributed by atoms with E-state index in [9.17, 15) is 14.4 Å². The Hall–Kier alpha value is -7.18. The van der Waals surface area contributed by atoms with Crippen LogP contribution in [-0.2, 0) is 0 Å². The fourth-order valence-electron chi connectivity index (χ4n) is 5.71. The number of carbonyl (C=O) groups excluding carboxylic acids is 3. The van der Waals surface area contributed by atoms with Gasteiger partial charge in [-0.15, -0.1) is 11.3 Å². The van der Waals surface area contributed by atoms with Gasteiger partial charge in [-0.1, -0.05) is 64.8 Å². The number of benzene rings is 3. The lowest BCUT2D eigenvalue weighted by atomic mass is 10.1. The first-order chi connectivity index (χ1) is 29.2. The molecule has 9 rings (SSSR count). The molecule has 3 aromatic carbocycles. The second-order valence-corrected chi connectivity index (χ2v) is 14.9. The van der Waals surface area contributed by atoms with Crippen LogP contribution in [0, 0.1) is 11.3 Å². The van der Waals surface area contributed by atoms with Gasteiger partial charge in [0, 0.05) is 63.0 Å². The number of rotatable bonds is 7. The highest BCUT2D eigenvalue weighted by molar-refractivity contribution is 7.10. The summed E-state index contributed by atoms with van der Waals surface area (Å²) in [7, 11) is 1.57. The van der Waals surface area contributed by atoms with Crippen molar-refractivity contribution in [1.82, 2.24) is 39.8 Å². The highest BCUT2D eigenvalue weighted by atomic mass is 35.5. The van der Waals surface area contributed by atoms with Crippen LogP contribution in [-0.4, -0.2) is 59.4 Å². The Balaban J connectivity index is 0.000000140. The molecule has 5 aromatic heterocycles. The molecule has 1 aliphatic carbocycles. The van der Waals surface area contributed by atoms with Crippen molar-refractivity contribution in [3.05, 3.63) is 176 Å². The third-order valence-electron chi connectivity index (χ3n) is 8.89. The van der Waals surface area contributed by atoms with E-state index in [-0.39, 0.29) is 23.8 Å². The Kier molecular flexibility index (Phi) is 13.0. The molecule has 1 amide bonds. The molecule has 0 bridgehead atoms. The SMILES string of the molecule is CNC(=O)n1ccc(C=Cc2cccs2)n1.N#Cc1cnn(C(=O)c2ccc(Cl)cc2)c1C1CC1.O=C(c1ccc(Cl)cc1)n1ccc(-c2cc(-c3ccccc3)no2)n1. The summed E-state index contributed by atoms with van der Waals surface area (Å²) in [5, 5.41) is 31.3. The first-order valence-corrected chi connectivity index (χ1v) is 20.0. The van der Waals surface area contributed by atoms with Crippen molar-refractivity contribution >= 4 is 64.5 Å². The maximum atomic E-state index is 12.4. The first kappa shape index (κ1) is 41.0. The van der Waals surface area contributed by atoms with Gasteiger partial charge in [-0.3, -0.25) is 9.59 Å². The van der Waals surface area contributed by atoms with E-state index in [4.69, 9.17) is 33.0 Å². The van der Waals surface area contributed by atoms with E-state index in [2.05, 4.69) is 31.8 Å². The lowest BCUT2D eigenvalue weighted by Gasteiger charge is -2.05. The normalized spacial score (nSPS) is 11.8. The van der Waals surface area contributed by atoms with Crippen LogP contribution in [0.2, 0.25) is 10.0 Å². The van der Waals surface area contributed by atoms with Crippen molar-refractivity contribution in [2.75, 3.05) is 7.05 Å². The quantitative estimate of drug-likeness (QED) is 0.164.